The Balaban J connectivity index is 1.51. The molecule has 0 radical (unpaired) electrons. The smallest absolute Gasteiger partial charge is 0.240 e. The van der Waals surface area contributed by atoms with Crippen LogP contribution < -0.4 is 24.2 Å². The standard InChI is InChI=1S/C17H18N2O6S/c1-23-13-3-5-14(6-4-13)26(21,22)18-9-8-17(20)19-12-2-7-15-16(10-12)25-11-24-15/h2-7,10,18H,8-9,11H2,1H3,(H,19,20). The van der Waals surface area contributed by atoms with Gasteiger partial charge in [-0.15, -0.1) is 0 Å². The molecule has 3 rings (SSSR count). The van der Waals surface area contributed by atoms with Crippen LogP contribution in [0.4, 0.5) is 5.69 Å². The number of hydrogen-bond donors (Lipinski definition) is 2. The number of sulfonamides is 1. The van der Waals surface area contributed by atoms with Gasteiger partial charge < -0.3 is 19.5 Å². The lowest BCUT2D eigenvalue weighted by atomic mass is 10.2. The molecule has 1 heterocycles. The Kier molecular flexibility index (Phi) is 5.29. The fourth-order valence-electron chi connectivity index (χ4n) is 2.33. The van der Waals surface area contributed by atoms with Crippen LogP contribution in [0.2, 0.25) is 0 Å². The maximum atomic E-state index is 12.2. The Morgan fingerprint density at radius 3 is 2.58 bits per heavy atom. The summed E-state index contributed by atoms with van der Waals surface area (Å²) in [5.74, 6) is 1.42. The molecule has 26 heavy (non-hydrogen) atoms. The largest absolute Gasteiger partial charge is 0.497 e. The molecule has 1 aliphatic rings. The molecule has 138 valence electrons. The average Bonchev–Trinajstić information content (AvgIpc) is 3.09. The molecule has 9 heteroatoms. The van der Waals surface area contributed by atoms with Crippen molar-refractivity contribution >= 4 is 21.6 Å². The Hall–Kier alpha value is -2.78. The molecule has 0 bridgehead atoms. The number of hydrogen-bond acceptors (Lipinski definition) is 6. The summed E-state index contributed by atoms with van der Waals surface area (Å²) < 4.78 is 42.2. The molecule has 0 saturated carbocycles. The third-order valence-electron chi connectivity index (χ3n) is 3.67. The molecule has 0 aliphatic carbocycles. The first-order chi connectivity index (χ1) is 12.5. The van der Waals surface area contributed by atoms with E-state index in [4.69, 9.17) is 14.2 Å². The summed E-state index contributed by atoms with van der Waals surface area (Å²) in [6, 6.07) is 11.0. The average molecular weight is 378 g/mol. The lowest BCUT2D eigenvalue weighted by molar-refractivity contribution is -0.116. The van der Waals surface area contributed by atoms with E-state index in [-0.39, 0.29) is 30.6 Å². The van der Waals surface area contributed by atoms with Gasteiger partial charge in [0.25, 0.3) is 0 Å². The van der Waals surface area contributed by atoms with Crippen LogP contribution in [-0.2, 0) is 14.8 Å². The number of nitrogens with one attached hydrogen (secondary N) is 2. The van der Waals surface area contributed by atoms with Crippen LogP contribution in [0.15, 0.2) is 47.4 Å². The zero-order valence-corrected chi connectivity index (χ0v) is 14.8. The first-order valence-electron chi connectivity index (χ1n) is 7.81. The van der Waals surface area contributed by atoms with Gasteiger partial charge in [0.1, 0.15) is 5.75 Å². The van der Waals surface area contributed by atoms with Gasteiger partial charge >= 0.3 is 0 Å². The van der Waals surface area contributed by atoms with Crippen LogP contribution in [0.1, 0.15) is 6.42 Å². The van der Waals surface area contributed by atoms with Gasteiger partial charge in [-0.25, -0.2) is 13.1 Å². The quantitative estimate of drug-likeness (QED) is 0.761. The molecule has 0 atom stereocenters. The number of amides is 1. The van der Waals surface area contributed by atoms with Crippen LogP contribution in [0.25, 0.3) is 0 Å². The molecule has 8 nitrogen and oxygen atoms in total. The molecule has 1 amide bonds. The van der Waals surface area contributed by atoms with E-state index in [2.05, 4.69) is 10.0 Å². The molecule has 0 fully saturated rings. The molecule has 0 aromatic heterocycles. The van der Waals surface area contributed by atoms with Gasteiger partial charge in [0.05, 0.1) is 12.0 Å². The fraction of sp³-hybridized carbons (Fsp3) is 0.235. The van der Waals surface area contributed by atoms with E-state index in [0.29, 0.717) is 22.9 Å². The Bertz CT molecular complexity index is 896. The van der Waals surface area contributed by atoms with E-state index in [1.807, 2.05) is 0 Å². The summed E-state index contributed by atoms with van der Waals surface area (Å²) in [7, 11) is -2.18. The molecule has 0 saturated heterocycles. The van der Waals surface area contributed by atoms with E-state index in [1.165, 1.54) is 19.2 Å². The maximum absolute atomic E-state index is 12.2. The second-order valence-electron chi connectivity index (χ2n) is 5.44. The Labute approximate surface area is 151 Å². The second-order valence-corrected chi connectivity index (χ2v) is 7.21. The number of anilines is 1. The van der Waals surface area contributed by atoms with Crippen molar-refractivity contribution < 1.29 is 27.4 Å². The Morgan fingerprint density at radius 1 is 1.12 bits per heavy atom. The molecule has 2 aromatic rings. The maximum Gasteiger partial charge on any atom is 0.240 e. The number of carbonyl (C=O) groups is 1. The van der Waals surface area contributed by atoms with E-state index >= 15 is 0 Å². The van der Waals surface area contributed by atoms with E-state index in [1.54, 1.807) is 30.3 Å². The zero-order valence-electron chi connectivity index (χ0n) is 14.0. The summed E-state index contributed by atoms with van der Waals surface area (Å²) in [6.07, 6.45) is -0.0101. The summed E-state index contributed by atoms with van der Waals surface area (Å²) in [4.78, 5) is 12.1. The van der Waals surface area contributed by atoms with E-state index in [9.17, 15) is 13.2 Å². The molecule has 1 aliphatic heterocycles. The molecule has 0 spiro atoms. The highest BCUT2D eigenvalue weighted by molar-refractivity contribution is 7.89. The van der Waals surface area contributed by atoms with Crippen LogP contribution in [0, 0.1) is 0 Å². The first-order valence-corrected chi connectivity index (χ1v) is 9.29. The lowest BCUT2D eigenvalue weighted by Crippen LogP contribution is -2.27. The minimum Gasteiger partial charge on any atom is -0.497 e. The van der Waals surface area contributed by atoms with Crippen molar-refractivity contribution in [2.24, 2.45) is 0 Å². The van der Waals surface area contributed by atoms with Crippen LogP contribution >= 0.6 is 0 Å². The third-order valence-corrected chi connectivity index (χ3v) is 5.15. The van der Waals surface area contributed by atoms with E-state index < -0.39 is 10.0 Å². The summed E-state index contributed by atoms with van der Waals surface area (Å²) in [6.45, 7) is 0.130. The van der Waals surface area contributed by atoms with Crippen LogP contribution in [0.3, 0.4) is 0 Å². The number of ether oxygens (including phenoxy) is 3. The molecular formula is C17H18N2O6S. The van der Waals surface area contributed by atoms with Gasteiger partial charge in [-0.05, 0) is 36.4 Å². The third kappa shape index (κ3) is 4.24. The lowest BCUT2D eigenvalue weighted by Gasteiger charge is -2.08. The predicted octanol–water partition coefficient (Wildman–Crippen LogP) is 1.73. The van der Waals surface area contributed by atoms with Crippen molar-refractivity contribution in [3.05, 3.63) is 42.5 Å². The van der Waals surface area contributed by atoms with Crippen molar-refractivity contribution in [3.8, 4) is 17.2 Å². The second kappa shape index (κ2) is 7.63. The highest BCUT2D eigenvalue weighted by atomic mass is 32.2. The van der Waals surface area contributed by atoms with Gasteiger partial charge in [-0.1, -0.05) is 0 Å². The zero-order chi connectivity index (χ0) is 18.6. The van der Waals surface area contributed by atoms with Crippen LogP contribution in [0.5, 0.6) is 17.2 Å². The number of benzene rings is 2. The summed E-state index contributed by atoms with van der Waals surface area (Å²) >= 11 is 0. The van der Waals surface area contributed by atoms with Gasteiger partial charge in [0.15, 0.2) is 11.5 Å². The number of carbonyl (C=O) groups excluding carboxylic acids is 1. The normalized spacial score (nSPS) is 12.7. The van der Waals surface area contributed by atoms with Gasteiger partial charge in [-0.3, -0.25) is 4.79 Å². The monoisotopic (exact) mass is 378 g/mol. The fourth-order valence-corrected chi connectivity index (χ4v) is 3.37. The van der Waals surface area contributed by atoms with Gasteiger partial charge in [-0.2, -0.15) is 0 Å². The SMILES string of the molecule is COc1ccc(S(=O)(=O)NCCC(=O)Nc2ccc3c(c2)OCO3)cc1. The number of rotatable bonds is 7. The minimum atomic E-state index is -3.68. The minimum absolute atomic E-state index is 0.0101. The highest BCUT2D eigenvalue weighted by Crippen LogP contribution is 2.34. The van der Waals surface area contributed by atoms with Crippen molar-refractivity contribution in [1.29, 1.82) is 0 Å². The summed E-state index contributed by atoms with van der Waals surface area (Å²) in [5.41, 5.74) is 0.553. The summed E-state index contributed by atoms with van der Waals surface area (Å²) in [5, 5.41) is 2.69. The van der Waals surface area contributed by atoms with E-state index in [0.717, 1.165) is 0 Å². The predicted molar refractivity (Wildman–Crippen MR) is 94.0 cm³/mol. The first kappa shape index (κ1) is 18.0. The van der Waals surface area contributed by atoms with Crippen molar-refractivity contribution in [2.75, 3.05) is 25.8 Å². The molecule has 2 N–H and O–H groups in total. The molecule has 2 aromatic carbocycles. The van der Waals surface area contributed by atoms with Gasteiger partial charge in [0.2, 0.25) is 22.7 Å². The number of fused-ring (bicyclic) bond motifs is 1. The molecule has 0 unspecified atom stereocenters. The highest BCUT2D eigenvalue weighted by Gasteiger charge is 2.16. The Morgan fingerprint density at radius 2 is 1.85 bits per heavy atom. The van der Waals surface area contributed by atoms with Crippen molar-refractivity contribution in [2.45, 2.75) is 11.3 Å². The van der Waals surface area contributed by atoms with Crippen molar-refractivity contribution in [3.63, 3.8) is 0 Å². The molecular weight excluding hydrogens is 360 g/mol. The number of methoxy groups -OCH3 is 1. The van der Waals surface area contributed by atoms with Gasteiger partial charge in [0, 0.05) is 24.7 Å². The van der Waals surface area contributed by atoms with Crippen LogP contribution in [-0.4, -0.2) is 34.8 Å². The topological polar surface area (TPSA) is 103 Å². The van der Waals surface area contributed by atoms with Crippen molar-refractivity contribution in [1.82, 2.24) is 4.72 Å².